The SMILES string of the molecule is C1=COC2C(=C1)C1=C(c3ccccc3C1)c1ccccc12.COC1=CCOc2c1c1c(c3cc(N4CCC(O)CC4)ccc23)-c2ccccc2C1(C)C. The summed E-state index contributed by atoms with van der Waals surface area (Å²) >= 11 is 0. The zero-order chi connectivity index (χ0) is 35.8. The van der Waals surface area contributed by atoms with E-state index >= 15 is 0 Å². The highest BCUT2D eigenvalue weighted by atomic mass is 16.5. The summed E-state index contributed by atoms with van der Waals surface area (Å²) in [7, 11) is 1.75. The van der Waals surface area contributed by atoms with Gasteiger partial charge in [0.1, 0.15) is 24.2 Å². The Morgan fingerprint density at radius 3 is 2.42 bits per heavy atom. The molecule has 1 atom stereocenters. The predicted octanol–water partition coefficient (Wildman–Crippen LogP) is 10.1. The van der Waals surface area contributed by atoms with Crippen LogP contribution < -0.4 is 9.64 Å². The molecule has 3 aliphatic heterocycles. The molecule has 5 heteroatoms. The summed E-state index contributed by atoms with van der Waals surface area (Å²) in [4.78, 5) is 2.39. The third-order valence-electron chi connectivity index (χ3n) is 12.2. The number of fused-ring (bicyclic) bond motifs is 15. The molecular weight excluding hydrogens is 655 g/mol. The van der Waals surface area contributed by atoms with Gasteiger partial charge in [-0.05, 0) is 105 Å². The Bertz CT molecular complexity index is 2460. The Kier molecular flexibility index (Phi) is 7.45. The van der Waals surface area contributed by atoms with Gasteiger partial charge in [-0.1, -0.05) is 92.7 Å². The van der Waals surface area contributed by atoms with Crippen molar-refractivity contribution >= 4 is 27.8 Å². The maximum absolute atomic E-state index is 9.96. The van der Waals surface area contributed by atoms with Gasteiger partial charge >= 0.3 is 0 Å². The highest BCUT2D eigenvalue weighted by Crippen LogP contribution is 2.58. The van der Waals surface area contributed by atoms with Crippen LogP contribution in [0.2, 0.25) is 0 Å². The molecule has 5 nitrogen and oxygen atoms in total. The summed E-state index contributed by atoms with van der Waals surface area (Å²) in [5.74, 6) is 1.83. The molecule has 53 heavy (non-hydrogen) atoms. The fraction of sp³-hybridized carbons (Fsp3) is 0.250. The molecule has 3 heterocycles. The van der Waals surface area contributed by atoms with E-state index in [-0.39, 0.29) is 17.6 Å². The largest absolute Gasteiger partial charge is 0.496 e. The average molecular weight is 698 g/mol. The molecule has 1 N–H and O–H groups in total. The zero-order valence-corrected chi connectivity index (χ0v) is 30.5. The Labute approximate surface area is 311 Å². The van der Waals surface area contributed by atoms with Crippen LogP contribution in [0.5, 0.6) is 5.75 Å². The molecule has 0 spiro atoms. The van der Waals surface area contributed by atoms with Crippen molar-refractivity contribution in [1.82, 2.24) is 0 Å². The van der Waals surface area contributed by atoms with Crippen molar-refractivity contribution in [3.05, 3.63) is 166 Å². The number of aliphatic hydroxyl groups is 1. The number of ether oxygens (including phenoxy) is 3. The van der Waals surface area contributed by atoms with Gasteiger partial charge in [-0.15, -0.1) is 0 Å². The van der Waals surface area contributed by atoms with Gasteiger partial charge in [0, 0.05) is 40.7 Å². The molecule has 0 bridgehead atoms. The summed E-state index contributed by atoms with van der Waals surface area (Å²) < 4.78 is 18.1. The highest BCUT2D eigenvalue weighted by Gasteiger charge is 2.42. The summed E-state index contributed by atoms with van der Waals surface area (Å²) in [6.45, 7) is 6.90. The first-order chi connectivity index (χ1) is 25.9. The fourth-order valence-corrected chi connectivity index (χ4v) is 9.72. The number of piperidine rings is 1. The Balaban J connectivity index is 0.000000143. The van der Waals surface area contributed by atoms with Crippen LogP contribution in [-0.2, 0) is 21.3 Å². The van der Waals surface area contributed by atoms with E-state index in [9.17, 15) is 5.11 Å². The first-order valence-corrected chi connectivity index (χ1v) is 18.9. The molecule has 5 aromatic carbocycles. The first-order valence-electron chi connectivity index (χ1n) is 18.9. The smallest absolute Gasteiger partial charge is 0.149 e. The average Bonchev–Trinajstić information content (AvgIpc) is 3.71. The number of anilines is 1. The number of rotatable bonds is 2. The lowest BCUT2D eigenvalue weighted by Gasteiger charge is -2.32. The zero-order valence-electron chi connectivity index (χ0n) is 30.5. The van der Waals surface area contributed by atoms with Crippen LogP contribution >= 0.6 is 0 Å². The van der Waals surface area contributed by atoms with E-state index in [1.165, 1.54) is 72.3 Å². The van der Waals surface area contributed by atoms with Crippen LogP contribution in [0.25, 0.3) is 33.2 Å². The lowest BCUT2D eigenvalue weighted by molar-refractivity contribution is 0.145. The number of methoxy groups -OCH3 is 1. The second-order valence-corrected chi connectivity index (χ2v) is 15.4. The van der Waals surface area contributed by atoms with E-state index in [1.807, 2.05) is 12.2 Å². The van der Waals surface area contributed by atoms with Crippen molar-refractivity contribution in [2.24, 2.45) is 0 Å². The van der Waals surface area contributed by atoms with Crippen LogP contribution in [-0.4, -0.2) is 38.0 Å². The fourth-order valence-electron chi connectivity index (χ4n) is 9.72. The Hall–Kier alpha value is -5.52. The number of hydrogen-bond donors (Lipinski definition) is 1. The van der Waals surface area contributed by atoms with E-state index in [4.69, 9.17) is 14.2 Å². The van der Waals surface area contributed by atoms with Gasteiger partial charge in [-0.2, -0.15) is 0 Å². The van der Waals surface area contributed by atoms with Gasteiger partial charge in [-0.25, -0.2) is 0 Å². The van der Waals surface area contributed by atoms with Crippen molar-refractivity contribution < 1.29 is 19.3 Å². The third-order valence-corrected chi connectivity index (χ3v) is 12.2. The number of hydrogen-bond acceptors (Lipinski definition) is 5. The molecule has 0 radical (unpaired) electrons. The topological polar surface area (TPSA) is 51.2 Å². The molecule has 0 amide bonds. The second kappa shape index (κ2) is 12.3. The number of benzene rings is 5. The molecule has 0 aromatic heterocycles. The van der Waals surface area contributed by atoms with E-state index in [0.717, 1.165) is 54.8 Å². The minimum Gasteiger partial charge on any atom is -0.496 e. The van der Waals surface area contributed by atoms with Crippen LogP contribution in [0.15, 0.2) is 127 Å². The highest BCUT2D eigenvalue weighted by molar-refractivity contribution is 6.10. The number of nitrogens with zero attached hydrogens (tertiary/aromatic N) is 1. The normalized spacial score (nSPS) is 19.8. The Morgan fingerprint density at radius 2 is 1.58 bits per heavy atom. The second-order valence-electron chi connectivity index (χ2n) is 15.4. The van der Waals surface area contributed by atoms with E-state index in [1.54, 1.807) is 13.4 Å². The van der Waals surface area contributed by atoms with E-state index in [2.05, 4.69) is 116 Å². The van der Waals surface area contributed by atoms with Crippen LogP contribution in [0.1, 0.15) is 71.7 Å². The third kappa shape index (κ3) is 4.87. The van der Waals surface area contributed by atoms with Crippen molar-refractivity contribution in [1.29, 1.82) is 0 Å². The van der Waals surface area contributed by atoms with Crippen molar-refractivity contribution in [2.45, 2.75) is 50.7 Å². The monoisotopic (exact) mass is 697 g/mol. The Morgan fingerprint density at radius 1 is 0.830 bits per heavy atom. The van der Waals surface area contributed by atoms with E-state index < -0.39 is 0 Å². The first kappa shape index (κ1) is 32.2. The summed E-state index contributed by atoms with van der Waals surface area (Å²) in [5.41, 5.74) is 17.0. The lowest BCUT2D eigenvalue weighted by Crippen LogP contribution is -2.35. The van der Waals surface area contributed by atoms with Crippen LogP contribution in [0, 0.1) is 0 Å². The minimum absolute atomic E-state index is 0.0549. The molecule has 3 aliphatic carbocycles. The molecule has 264 valence electrons. The van der Waals surface area contributed by atoms with Crippen molar-refractivity contribution in [2.75, 3.05) is 31.7 Å². The molecule has 1 fully saturated rings. The molecule has 6 aliphatic rings. The number of aliphatic hydroxyl groups excluding tert-OH is 1. The maximum atomic E-state index is 9.96. The van der Waals surface area contributed by atoms with Gasteiger partial charge in [-0.3, -0.25) is 0 Å². The number of allylic oxidation sites excluding steroid dienone is 2. The molecule has 1 saturated heterocycles. The maximum Gasteiger partial charge on any atom is 0.149 e. The molecular formula is C48H43NO4. The van der Waals surface area contributed by atoms with Crippen molar-refractivity contribution in [3.8, 4) is 16.9 Å². The predicted molar refractivity (Wildman–Crippen MR) is 213 cm³/mol. The standard InChI is InChI=1S/C28H29NO3.C20H14O/c1-28(2)22-7-5-4-6-20(22)24-21-16-17(29-13-10-18(30)11-14-29)8-9-19(21)27-25(26(24)28)23(31-3)12-15-32-27;1-2-7-14-13(6-1)12-18-17-10-5-11-21-20(17)16-9-4-3-8-15(16)19(14)18/h4-9,12,16,18,30H,10-11,13-15H2,1-3H3;1-11,20H,12H2. The van der Waals surface area contributed by atoms with Crippen molar-refractivity contribution in [3.63, 3.8) is 0 Å². The van der Waals surface area contributed by atoms with Crippen LogP contribution in [0.4, 0.5) is 5.69 Å². The summed E-state index contributed by atoms with van der Waals surface area (Å²) in [6.07, 6.45) is 10.6. The van der Waals surface area contributed by atoms with Crippen LogP contribution in [0.3, 0.4) is 0 Å². The molecule has 11 rings (SSSR count). The summed E-state index contributed by atoms with van der Waals surface area (Å²) in [5, 5.41) is 12.3. The van der Waals surface area contributed by atoms with Gasteiger partial charge in [0.25, 0.3) is 0 Å². The van der Waals surface area contributed by atoms with E-state index in [0.29, 0.717) is 6.61 Å². The molecule has 5 aromatic rings. The lowest BCUT2D eigenvalue weighted by atomic mass is 9.78. The van der Waals surface area contributed by atoms with Gasteiger partial charge in [0.15, 0.2) is 0 Å². The quantitative estimate of drug-likeness (QED) is 0.199. The van der Waals surface area contributed by atoms with Gasteiger partial charge < -0.3 is 24.2 Å². The van der Waals surface area contributed by atoms with Gasteiger partial charge in [0.2, 0.25) is 0 Å². The molecule has 0 saturated carbocycles. The van der Waals surface area contributed by atoms with Gasteiger partial charge in [0.05, 0.1) is 25.0 Å². The summed E-state index contributed by atoms with van der Waals surface area (Å²) in [6, 6.07) is 32.9. The molecule has 1 unspecified atom stereocenters. The minimum atomic E-state index is -0.177.